The van der Waals surface area contributed by atoms with E-state index in [0.29, 0.717) is 19.5 Å². The fourth-order valence-electron chi connectivity index (χ4n) is 2.99. The first-order valence-electron chi connectivity index (χ1n) is 7.89. The van der Waals surface area contributed by atoms with Crippen molar-refractivity contribution >= 4 is 11.9 Å². The number of benzene rings is 1. The van der Waals surface area contributed by atoms with Gasteiger partial charge in [0.25, 0.3) is 0 Å². The van der Waals surface area contributed by atoms with Crippen molar-refractivity contribution in [3.05, 3.63) is 35.4 Å². The molecule has 1 N–H and O–H groups in total. The monoisotopic (exact) mass is 325 g/mol. The van der Waals surface area contributed by atoms with Crippen LogP contribution in [-0.2, 0) is 16.0 Å². The summed E-state index contributed by atoms with van der Waals surface area (Å²) in [5.41, 5.74) is 0.206. The van der Waals surface area contributed by atoms with Crippen molar-refractivity contribution in [2.75, 3.05) is 13.1 Å². The van der Waals surface area contributed by atoms with Gasteiger partial charge in [-0.1, -0.05) is 0 Å². The van der Waals surface area contributed by atoms with E-state index in [2.05, 4.69) is 0 Å². The summed E-state index contributed by atoms with van der Waals surface area (Å²) < 4.78 is 26.7. The molecular formula is C17H21F2NO3. The van der Waals surface area contributed by atoms with Crippen molar-refractivity contribution in [2.45, 2.75) is 38.5 Å². The Labute approximate surface area is 134 Å². The molecule has 1 amide bonds. The molecule has 0 bridgehead atoms. The number of likely N-dealkylation sites (tertiary alicyclic amines) is 1. The first kappa shape index (κ1) is 17.4. The third-order valence-corrected chi connectivity index (χ3v) is 4.25. The van der Waals surface area contributed by atoms with Gasteiger partial charge in [-0.05, 0) is 55.4 Å². The molecule has 126 valence electrons. The lowest BCUT2D eigenvalue weighted by molar-refractivity contribution is -0.137. The minimum Gasteiger partial charge on any atom is -0.481 e. The number of rotatable bonds is 6. The van der Waals surface area contributed by atoms with Crippen LogP contribution in [0, 0.1) is 17.6 Å². The van der Waals surface area contributed by atoms with Gasteiger partial charge in [-0.25, -0.2) is 8.78 Å². The van der Waals surface area contributed by atoms with Crippen LogP contribution in [0.2, 0.25) is 0 Å². The molecule has 1 saturated heterocycles. The van der Waals surface area contributed by atoms with Crippen molar-refractivity contribution in [1.82, 2.24) is 4.90 Å². The number of hydrogen-bond acceptors (Lipinski definition) is 2. The number of carboxylic acids is 1. The molecule has 1 heterocycles. The highest BCUT2D eigenvalue weighted by molar-refractivity contribution is 5.76. The van der Waals surface area contributed by atoms with Crippen LogP contribution >= 0.6 is 0 Å². The van der Waals surface area contributed by atoms with Gasteiger partial charge in [0.2, 0.25) is 5.91 Å². The van der Waals surface area contributed by atoms with Gasteiger partial charge in [0.15, 0.2) is 0 Å². The largest absolute Gasteiger partial charge is 0.481 e. The maximum atomic E-state index is 13.6. The number of hydrogen-bond donors (Lipinski definition) is 1. The molecule has 1 aromatic carbocycles. The minimum atomic E-state index is -0.824. The molecule has 0 radical (unpaired) electrons. The predicted molar refractivity (Wildman–Crippen MR) is 80.9 cm³/mol. The number of halogens is 2. The molecule has 0 aliphatic carbocycles. The smallest absolute Gasteiger partial charge is 0.303 e. The normalized spacial score (nSPS) is 18.0. The lowest BCUT2D eigenvalue weighted by Gasteiger charge is -2.32. The van der Waals surface area contributed by atoms with Crippen LogP contribution in [0.4, 0.5) is 8.78 Å². The number of carboxylic acid groups (broad SMARTS) is 1. The van der Waals surface area contributed by atoms with Crippen LogP contribution < -0.4 is 0 Å². The first-order chi connectivity index (χ1) is 11.0. The van der Waals surface area contributed by atoms with Crippen molar-refractivity contribution in [2.24, 2.45) is 5.92 Å². The first-order valence-corrected chi connectivity index (χ1v) is 7.89. The summed E-state index contributed by atoms with van der Waals surface area (Å²) in [7, 11) is 0. The van der Waals surface area contributed by atoms with E-state index in [1.54, 1.807) is 4.90 Å². The summed E-state index contributed by atoms with van der Waals surface area (Å²) >= 11 is 0. The molecule has 2 rings (SSSR count). The zero-order valence-electron chi connectivity index (χ0n) is 12.9. The zero-order chi connectivity index (χ0) is 16.8. The van der Waals surface area contributed by atoms with Crippen LogP contribution in [0.5, 0.6) is 0 Å². The Morgan fingerprint density at radius 1 is 1.26 bits per heavy atom. The Bertz CT molecular complexity index is 577. The molecule has 1 fully saturated rings. The number of piperidine rings is 1. The van der Waals surface area contributed by atoms with Crippen molar-refractivity contribution < 1.29 is 23.5 Å². The van der Waals surface area contributed by atoms with E-state index in [-0.39, 0.29) is 36.7 Å². The standard InChI is InChI=1S/C17H21F2NO3/c18-14-5-6-15(19)13(10-14)4-7-16(21)20-9-1-2-12(11-20)3-8-17(22)23/h5-6,10,12H,1-4,7-9,11H2,(H,22,23)/t12-/m1/s1. The van der Waals surface area contributed by atoms with Crippen LogP contribution in [0.15, 0.2) is 18.2 Å². The summed E-state index contributed by atoms with van der Waals surface area (Å²) in [5, 5.41) is 8.73. The summed E-state index contributed by atoms with van der Waals surface area (Å²) in [6.07, 6.45) is 2.75. The average molecular weight is 325 g/mol. The summed E-state index contributed by atoms with van der Waals surface area (Å²) in [6.45, 7) is 1.20. The van der Waals surface area contributed by atoms with Gasteiger partial charge in [-0.3, -0.25) is 9.59 Å². The molecule has 1 aliphatic heterocycles. The number of carbonyl (C=O) groups is 2. The number of aliphatic carboxylic acids is 1. The molecule has 1 atom stereocenters. The van der Waals surface area contributed by atoms with Gasteiger partial charge in [0.1, 0.15) is 11.6 Å². The summed E-state index contributed by atoms with van der Waals surface area (Å²) in [5.74, 6) is -1.73. The second-order valence-corrected chi connectivity index (χ2v) is 6.02. The maximum Gasteiger partial charge on any atom is 0.303 e. The Morgan fingerprint density at radius 3 is 2.78 bits per heavy atom. The molecule has 4 nitrogen and oxygen atoms in total. The number of carbonyl (C=O) groups excluding carboxylic acids is 1. The van der Waals surface area contributed by atoms with E-state index in [4.69, 9.17) is 5.11 Å². The molecule has 0 aromatic heterocycles. The highest BCUT2D eigenvalue weighted by Gasteiger charge is 2.24. The Morgan fingerprint density at radius 2 is 2.04 bits per heavy atom. The van der Waals surface area contributed by atoms with E-state index < -0.39 is 17.6 Å². The number of aryl methyl sites for hydroxylation is 1. The van der Waals surface area contributed by atoms with Crippen LogP contribution in [-0.4, -0.2) is 35.0 Å². The summed E-state index contributed by atoms with van der Waals surface area (Å²) in [6, 6.07) is 3.24. The third kappa shape index (κ3) is 5.30. The minimum absolute atomic E-state index is 0.0892. The van der Waals surface area contributed by atoms with E-state index >= 15 is 0 Å². The highest BCUT2D eigenvalue weighted by atomic mass is 19.1. The second-order valence-electron chi connectivity index (χ2n) is 6.02. The van der Waals surface area contributed by atoms with Gasteiger partial charge in [-0.15, -0.1) is 0 Å². The molecule has 0 saturated carbocycles. The molecule has 0 spiro atoms. The lowest BCUT2D eigenvalue weighted by Crippen LogP contribution is -2.40. The highest BCUT2D eigenvalue weighted by Crippen LogP contribution is 2.22. The molecule has 23 heavy (non-hydrogen) atoms. The molecule has 1 aliphatic rings. The average Bonchev–Trinajstić information content (AvgIpc) is 2.53. The molecule has 0 unspecified atom stereocenters. The molecular weight excluding hydrogens is 304 g/mol. The summed E-state index contributed by atoms with van der Waals surface area (Å²) in [4.78, 5) is 24.6. The second kappa shape index (κ2) is 8.04. The quantitative estimate of drug-likeness (QED) is 0.875. The van der Waals surface area contributed by atoms with Crippen molar-refractivity contribution in [3.8, 4) is 0 Å². The molecule has 1 aromatic rings. The Balaban J connectivity index is 1.85. The van der Waals surface area contributed by atoms with Crippen LogP contribution in [0.1, 0.15) is 37.7 Å². The van der Waals surface area contributed by atoms with Crippen LogP contribution in [0.3, 0.4) is 0 Å². The Hall–Kier alpha value is -1.98. The van der Waals surface area contributed by atoms with Gasteiger partial charge in [0, 0.05) is 25.9 Å². The van der Waals surface area contributed by atoms with E-state index in [1.165, 1.54) is 0 Å². The van der Waals surface area contributed by atoms with Gasteiger partial charge < -0.3 is 10.0 Å². The lowest BCUT2D eigenvalue weighted by atomic mass is 9.93. The molecule has 6 heteroatoms. The fourth-order valence-corrected chi connectivity index (χ4v) is 2.99. The fraction of sp³-hybridized carbons (Fsp3) is 0.529. The zero-order valence-corrected chi connectivity index (χ0v) is 12.9. The SMILES string of the molecule is O=C(O)CC[C@H]1CCCN(C(=O)CCc2cc(F)ccc2F)C1. The predicted octanol–water partition coefficient (Wildman–Crippen LogP) is 3.00. The Kier molecular flexibility index (Phi) is 6.07. The van der Waals surface area contributed by atoms with Crippen molar-refractivity contribution in [1.29, 1.82) is 0 Å². The van der Waals surface area contributed by atoms with Crippen molar-refractivity contribution in [3.63, 3.8) is 0 Å². The van der Waals surface area contributed by atoms with Gasteiger partial charge in [0.05, 0.1) is 0 Å². The van der Waals surface area contributed by atoms with E-state index in [0.717, 1.165) is 31.0 Å². The maximum absolute atomic E-state index is 13.6. The third-order valence-electron chi connectivity index (χ3n) is 4.25. The van der Waals surface area contributed by atoms with Crippen LogP contribution in [0.25, 0.3) is 0 Å². The van der Waals surface area contributed by atoms with Gasteiger partial charge >= 0.3 is 5.97 Å². The number of nitrogens with zero attached hydrogens (tertiary/aromatic N) is 1. The van der Waals surface area contributed by atoms with E-state index in [9.17, 15) is 18.4 Å². The van der Waals surface area contributed by atoms with Gasteiger partial charge in [-0.2, -0.15) is 0 Å². The number of amides is 1. The van der Waals surface area contributed by atoms with E-state index in [1.807, 2.05) is 0 Å². The topological polar surface area (TPSA) is 57.6 Å².